The molecule has 5 nitrogen and oxygen atoms in total. The van der Waals surface area contributed by atoms with Crippen LogP contribution < -0.4 is 5.32 Å². The molecule has 3 atom stereocenters. The van der Waals surface area contributed by atoms with Gasteiger partial charge in [0.2, 0.25) is 11.8 Å². The predicted molar refractivity (Wildman–Crippen MR) is 159 cm³/mol. The predicted octanol–water partition coefficient (Wildman–Crippen LogP) is 6.08. The van der Waals surface area contributed by atoms with E-state index in [1.54, 1.807) is 0 Å². The molecule has 2 aliphatic heterocycles. The van der Waals surface area contributed by atoms with Crippen molar-refractivity contribution in [2.45, 2.75) is 76.7 Å². The average molecular weight is 534 g/mol. The maximum absolute atomic E-state index is 12.6. The number of nitrogens with one attached hydrogen (secondary N) is 1. The van der Waals surface area contributed by atoms with E-state index in [9.17, 15) is 9.59 Å². The SMILES string of the molecule is C=C1c2ccc(C[C@H]3CCCC[C@@H]3N(Cc3ccccc3)Cc3ccccc3)cc2CN1C1CCC(=O)NC1=O. The van der Waals surface area contributed by atoms with Crippen molar-refractivity contribution < 1.29 is 9.59 Å². The molecular formula is C35H39N3O2. The third-order valence-corrected chi connectivity index (χ3v) is 9.05. The molecule has 3 aromatic carbocycles. The Morgan fingerprint density at radius 3 is 2.17 bits per heavy atom. The van der Waals surface area contributed by atoms with E-state index in [0.717, 1.165) is 30.8 Å². The summed E-state index contributed by atoms with van der Waals surface area (Å²) in [6.07, 6.45) is 7.04. The van der Waals surface area contributed by atoms with Gasteiger partial charge in [-0.3, -0.25) is 19.8 Å². The van der Waals surface area contributed by atoms with Crippen LogP contribution in [0.1, 0.15) is 66.3 Å². The molecular weight excluding hydrogens is 494 g/mol. The Bertz CT molecular complexity index is 1330. The molecule has 1 aliphatic carbocycles. The molecule has 0 radical (unpaired) electrons. The molecule has 40 heavy (non-hydrogen) atoms. The van der Waals surface area contributed by atoms with Gasteiger partial charge in [0.15, 0.2) is 0 Å². The molecule has 1 saturated heterocycles. The molecule has 2 heterocycles. The normalized spacial score (nSPS) is 22.9. The Morgan fingerprint density at radius 1 is 0.825 bits per heavy atom. The Morgan fingerprint density at radius 2 is 1.50 bits per heavy atom. The molecule has 0 spiro atoms. The zero-order valence-electron chi connectivity index (χ0n) is 23.2. The van der Waals surface area contributed by atoms with Crippen molar-refractivity contribution in [3.63, 3.8) is 0 Å². The molecule has 1 saturated carbocycles. The third kappa shape index (κ3) is 5.75. The van der Waals surface area contributed by atoms with E-state index in [1.165, 1.54) is 47.9 Å². The van der Waals surface area contributed by atoms with Crippen LogP contribution in [-0.2, 0) is 35.6 Å². The van der Waals surface area contributed by atoms with E-state index < -0.39 is 0 Å². The number of rotatable bonds is 8. The molecule has 6 rings (SSSR count). The summed E-state index contributed by atoms with van der Waals surface area (Å²) >= 11 is 0. The number of fused-ring (bicyclic) bond motifs is 1. The van der Waals surface area contributed by atoms with Gasteiger partial charge in [-0.25, -0.2) is 0 Å². The van der Waals surface area contributed by atoms with Crippen molar-refractivity contribution in [1.29, 1.82) is 0 Å². The first-order chi connectivity index (χ1) is 19.5. The molecule has 2 amide bonds. The highest BCUT2D eigenvalue weighted by Crippen LogP contribution is 2.38. The number of nitrogens with zero attached hydrogens (tertiary/aromatic N) is 2. The van der Waals surface area contributed by atoms with Gasteiger partial charge in [0.05, 0.1) is 0 Å². The van der Waals surface area contributed by atoms with E-state index in [0.29, 0.717) is 31.3 Å². The average Bonchev–Trinajstić information content (AvgIpc) is 3.29. The highest BCUT2D eigenvalue weighted by atomic mass is 16.2. The quantitative estimate of drug-likeness (QED) is 0.357. The lowest BCUT2D eigenvalue weighted by Gasteiger charge is -2.40. The van der Waals surface area contributed by atoms with E-state index in [4.69, 9.17) is 0 Å². The van der Waals surface area contributed by atoms with Gasteiger partial charge >= 0.3 is 0 Å². The first-order valence-corrected chi connectivity index (χ1v) is 14.8. The zero-order valence-corrected chi connectivity index (χ0v) is 23.2. The molecule has 1 N–H and O–H groups in total. The lowest BCUT2D eigenvalue weighted by molar-refractivity contribution is -0.136. The van der Waals surface area contributed by atoms with Crippen molar-refractivity contribution in [2.75, 3.05) is 0 Å². The standard InChI is InChI=1S/C35H39N3O2/c1-25-31-17-16-28(21-30(31)24-38(25)33-18-19-34(39)36-35(33)40)20-29-14-8-9-15-32(29)37(22-26-10-4-2-5-11-26)23-27-12-6-3-7-13-27/h2-7,10-13,16-17,21,29,32-33H,1,8-9,14-15,18-20,22-24H2,(H,36,39,40)/t29-,32+,33?/m1/s1. The Labute approximate surface area is 237 Å². The van der Waals surface area contributed by atoms with Crippen LogP contribution in [0, 0.1) is 5.92 Å². The van der Waals surface area contributed by atoms with E-state index >= 15 is 0 Å². The number of amides is 2. The number of carbonyl (C=O) groups is 2. The van der Waals surface area contributed by atoms with Gasteiger partial charge < -0.3 is 4.90 Å². The van der Waals surface area contributed by atoms with Crippen molar-refractivity contribution >= 4 is 17.5 Å². The van der Waals surface area contributed by atoms with Gasteiger partial charge in [0, 0.05) is 43.4 Å². The maximum atomic E-state index is 12.6. The fraction of sp³-hybridized carbons (Fsp3) is 0.371. The zero-order chi connectivity index (χ0) is 27.5. The monoisotopic (exact) mass is 533 g/mol. The molecule has 2 fully saturated rings. The van der Waals surface area contributed by atoms with Gasteiger partial charge in [-0.15, -0.1) is 0 Å². The van der Waals surface area contributed by atoms with Crippen LogP contribution in [0.5, 0.6) is 0 Å². The molecule has 0 bridgehead atoms. The van der Waals surface area contributed by atoms with Crippen molar-refractivity contribution in [3.8, 4) is 0 Å². The van der Waals surface area contributed by atoms with Crippen molar-refractivity contribution in [1.82, 2.24) is 15.1 Å². The minimum Gasteiger partial charge on any atom is -0.355 e. The van der Waals surface area contributed by atoms with E-state index in [1.807, 2.05) is 0 Å². The maximum Gasteiger partial charge on any atom is 0.249 e. The molecule has 3 aromatic rings. The van der Waals surface area contributed by atoms with Crippen LogP contribution in [-0.4, -0.2) is 33.7 Å². The summed E-state index contributed by atoms with van der Waals surface area (Å²) in [6, 6.07) is 28.8. The number of hydrogen-bond acceptors (Lipinski definition) is 4. The highest BCUT2D eigenvalue weighted by Gasteiger charge is 2.37. The lowest BCUT2D eigenvalue weighted by atomic mass is 9.79. The number of benzene rings is 3. The summed E-state index contributed by atoms with van der Waals surface area (Å²) in [4.78, 5) is 29.0. The number of hydrogen-bond donors (Lipinski definition) is 1. The second-order valence-electron chi connectivity index (χ2n) is 11.7. The molecule has 3 aliphatic rings. The topological polar surface area (TPSA) is 52.6 Å². The Kier molecular flexibility index (Phi) is 7.83. The lowest BCUT2D eigenvalue weighted by Crippen LogP contribution is -2.50. The second kappa shape index (κ2) is 11.8. The summed E-state index contributed by atoms with van der Waals surface area (Å²) < 4.78 is 0. The van der Waals surface area contributed by atoms with E-state index in [2.05, 4.69) is 101 Å². The van der Waals surface area contributed by atoms with Gasteiger partial charge in [-0.1, -0.05) is 98.3 Å². The summed E-state index contributed by atoms with van der Waals surface area (Å²) in [5.74, 6) is 0.212. The second-order valence-corrected chi connectivity index (χ2v) is 11.7. The van der Waals surface area contributed by atoms with Gasteiger partial charge in [-0.2, -0.15) is 0 Å². The fourth-order valence-corrected chi connectivity index (χ4v) is 7.03. The van der Waals surface area contributed by atoms with Crippen LogP contribution >= 0.6 is 0 Å². The van der Waals surface area contributed by atoms with Gasteiger partial charge in [0.25, 0.3) is 0 Å². The molecule has 206 valence electrons. The van der Waals surface area contributed by atoms with Crippen LogP contribution in [0.15, 0.2) is 85.4 Å². The first kappa shape index (κ1) is 26.5. The summed E-state index contributed by atoms with van der Waals surface area (Å²) in [5.41, 5.74) is 7.37. The van der Waals surface area contributed by atoms with Crippen LogP contribution in [0.25, 0.3) is 5.70 Å². The number of piperidine rings is 1. The van der Waals surface area contributed by atoms with Crippen LogP contribution in [0.2, 0.25) is 0 Å². The summed E-state index contributed by atoms with van der Waals surface area (Å²) in [5, 5.41) is 2.50. The molecule has 5 heteroatoms. The minimum absolute atomic E-state index is 0.179. The van der Waals surface area contributed by atoms with Crippen LogP contribution in [0.3, 0.4) is 0 Å². The van der Waals surface area contributed by atoms with Crippen molar-refractivity contribution in [3.05, 3.63) is 113 Å². The number of imide groups is 1. The molecule has 0 aromatic heterocycles. The summed E-state index contributed by atoms with van der Waals surface area (Å²) in [7, 11) is 0. The van der Waals surface area contributed by atoms with Crippen LogP contribution in [0.4, 0.5) is 0 Å². The molecule has 1 unspecified atom stereocenters. The minimum atomic E-state index is -0.326. The number of carbonyl (C=O) groups excluding carboxylic acids is 2. The van der Waals surface area contributed by atoms with Gasteiger partial charge in [-0.05, 0) is 53.9 Å². The third-order valence-electron chi connectivity index (χ3n) is 9.05. The van der Waals surface area contributed by atoms with E-state index in [-0.39, 0.29) is 17.9 Å². The largest absolute Gasteiger partial charge is 0.355 e. The Hall–Kier alpha value is -3.70. The highest BCUT2D eigenvalue weighted by molar-refractivity contribution is 6.01. The Balaban J connectivity index is 1.20. The van der Waals surface area contributed by atoms with Gasteiger partial charge in [0.1, 0.15) is 6.04 Å². The summed E-state index contributed by atoms with van der Waals surface area (Å²) in [6.45, 7) is 6.92. The smallest absolute Gasteiger partial charge is 0.249 e. The first-order valence-electron chi connectivity index (χ1n) is 14.8. The van der Waals surface area contributed by atoms with Crippen molar-refractivity contribution in [2.24, 2.45) is 5.92 Å². The fourth-order valence-electron chi connectivity index (χ4n) is 7.03.